The van der Waals surface area contributed by atoms with Gasteiger partial charge in [-0.1, -0.05) is 6.07 Å². The van der Waals surface area contributed by atoms with Gasteiger partial charge in [0.15, 0.2) is 5.82 Å². The van der Waals surface area contributed by atoms with Crippen molar-refractivity contribution in [2.24, 2.45) is 0 Å². The zero-order chi connectivity index (χ0) is 17.2. The summed E-state index contributed by atoms with van der Waals surface area (Å²) in [6, 6.07) is 5.87. The molecule has 2 aromatic heterocycles. The summed E-state index contributed by atoms with van der Waals surface area (Å²) in [4.78, 5) is 18.8. The van der Waals surface area contributed by atoms with Crippen LogP contribution in [0.2, 0.25) is 0 Å². The molecule has 0 aromatic carbocycles. The van der Waals surface area contributed by atoms with Crippen LogP contribution < -0.4 is 4.90 Å². The highest BCUT2D eigenvalue weighted by Gasteiger charge is 2.26. The van der Waals surface area contributed by atoms with E-state index < -0.39 is 0 Å². The van der Waals surface area contributed by atoms with Crippen molar-refractivity contribution in [2.45, 2.75) is 32.3 Å². The molecule has 2 aromatic rings. The van der Waals surface area contributed by atoms with E-state index in [1.807, 2.05) is 25.1 Å². The summed E-state index contributed by atoms with van der Waals surface area (Å²) in [6.45, 7) is 6.40. The molecule has 3 heterocycles. The summed E-state index contributed by atoms with van der Waals surface area (Å²) in [6.07, 6.45) is 4.78. The van der Waals surface area contributed by atoms with E-state index in [1.165, 1.54) is 11.3 Å². The van der Waals surface area contributed by atoms with Crippen LogP contribution in [0, 0.1) is 0 Å². The second-order valence-electron chi connectivity index (χ2n) is 7.00. The molecule has 0 bridgehead atoms. The van der Waals surface area contributed by atoms with Gasteiger partial charge in [0, 0.05) is 50.2 Å². The Hall–Kier alpha value is -2.05. The first-order valence-electron chi connectivity index (χ1n) is 9.17. The van der Waals surface area contributed by atoms with Gasteiger partial charge in [-0.2, -0.15) is 0 Å². The number of hydrogen-bond donors (Lipinski definition) is 1. The number of pyridine rings is 1. The third kappa shape index (κ3) is 3.50. The Bertz CT molecular complexity index is 726. The maximum Gasteiger partial charge on any atom is 0.180 e. The van der Waals surface area contributed by atoms with Crippen LogP contribution in [0.4, 0.5) is 5.82 Å². The van der Waals surface area contributed by atoms with Crippen molar-refractivity contribution in [3.05, 3.63) is 35.7 Å². The van der Waals surface area contributed by atoms with Gasteiger partial charge in [0.05, 0.1) is 6.10 Å². The number of piperazine rings is 1. The average Bonchev–Trinajstić information content (AvgIpc) is 3.10. The van der Waals surface area contributed by atoms with Crippen molar-refractivity contribution < 1.29 is 5.11 Å². The zero-order valence-electron chi connectivity index (χ0n) is 14.7. The lowest BCUT2D eigenvalue weighted by Gasteiger charge is -2.36. The number of hydrogen-bond acceptors (Lipinski definition) is 6. The molecule has 1 N–H and O–H groups in total. The minimum absolute atomic E-state index is 0.273. The quantitative estimate of drug-likeness (QED) is 0.911. The topological polar surface area (TPSA) is 65.4 Å². The number of aryl methyl sites for hydroxylation is 1. The van der Waals surface area contributed by atoms with Crippen molar-refractivity contribution in [1.82, 2.24) is 19.9 Å². The molecule has 1 atom stereocenters. The van der Waals surface area contributed by atoms with E-state index >= 15 is 0 Å². The van der Waals surface area contributed by atoms with Crippen LogP contribution in [-0.4, -0.2) is 63.8 Å². The fourth-order valence-electron chi connectivity index (χ4n) is 3.80. The van der Waals surface area contributed by atoms with Gasteiger partial charge in [-0.25, -0.2) is 9.97 Å². The molecule has 0 saturated carbocycles. The Kier molecular flexibility index (Phi) is 4.63. The molecular formula is C19H25N5O. The number of aliphatic hydroxyl groups excluding tert-OH is 1. The highest BCUT2D eigenvalue weighted by molar-refractivity contribution is 5.59. The number of nitrogens with zero attached hydrogens (tertiary/aromatic N) is 5. The van der Waals surface area contributed by atoms with E-state index in [1.54, 1.807) is 6.20 Å². The number of anilines is 1. The molecule has 25 heavy (non-hydrogen) atoms. The van der Waals surface area contributed by atoms with Crippen molar-refractivity contribution in [1.29, 1.82) is 0 Å². The van der Waals surface area contributed by atoms with Gasteiger partial charge in [0.1, 0.15) is 11.5 Å². The molecule has 132 valence electrons. The monoisotopic (exact) mass is 339 g/mol. The van der Waals surface area contributed by atoms with Gasteiger partial charge in [-0.05, 0) is 38.3 Å². The van der Waals surface area contributed by atoms with Crippen LogP contribution in [0.15, 0.2) is 24.4 Å². The molecule has 1 saturated heterocycles. The fourth-order valence-corrected chi connectivity index (χ4v) is 3.80. The van der Waals surface area contributed by atoms with E-state index in [-0.39, 0.29) is 6.10 Å². The normalized spacial score (nSPS) is 19.0. The highest BCUT2D eigenvalue weighted by atomic mass is 16.3. The minimum Gasteiger partial charge on any atom is -0.392 e. The lowest BCUT2D eigenvalue weighted by Crippen LogP contribution is -2.48. The smallest absolute Gasteiger partial charge is 0.180 e. The number of β-amino-alcohol motifs (C(OH)–C–C–N with tert-alkyl or cyclic N) is 1. The maximum absolute atomic E-state index is 9.59. The van der Waals surface area contributed by atoms with Crippen LogP contribution in [0.1, 0.15) is 24.6 Å². The standard InChI is InChI=1S/C19H25N5O/c1-14(25)13-23-9-11-24(12-10-23)19-15-5-4-7-16(15)21-18(22-19)17-6-2-3-8-20-17/h2-3,6,8,14,25H,4-5,7,9-13H2,1H3/t14-/m1/s1. The summed E-state index contributed by atoms with van der Waals surface area (Å²) in [5.41, 5.74) is 3.35. The van der Waals surface area contributed by atoms with Gasteiger partial charge < -0.3 is 10.0 Å². The summed E-state index contributed by atoms with van der Waals surface area (Å²) < 4.78 is 0. The molecule has 0 radical (unpaired) electrons. The molecule has 0 unspecified atom stereocenters. The lowest BCUT2D eigenvalue weighted by molar-refractivity contribution is 0.122. The molecule has 2 aliphatic rings. The van der Waals surface area contributed by atoms with Crippen LogP contribution >= 0.6 is 0 Å². The molecule has 1 aliphatic carbocycles. The Morgan fingerprint density at radius 3 is 2.68 bits per heavy atom. The number of aromatic nitrogens is 3. The number of fused-ring (bicyclic) bond motifs is 1. The highest BCUT2D eigenvalue weighted by Crippen LogP contribution is 2.31. The summed E-state index contributed by atoms with van der Waals surface area (Å²) in [5.74, 6) is 1.84. The van der Waals surface area contributed by atoms with Crippen molar-refractivity contribution in [3.8, 4) is 11.5 Å². The third-order valence-corrected chi connectivity index (χ3v) is 5.00. The van der Waals surface area contributed by atoms with Crippen LogP contribution in [0.3, 0.4) is 0 Å². The Balaban J connectivity index is 1.60. The third-order valence-electron chi connectivity index (χ3n) is 5.00. The van der Waals surface area contributed by atoms with Gasteiger partial charge in [0.25, 0.3) is 0 Å². The second kappa shape index (κ2) is 7.06. The maximum atomic E-state index is 9.59. The van der Waals surface area contributed by atoms with E-state index in [4.69, 9.17) is 9.97 Å². The summed E-state index contributed by atoms with van der Waals surface area (Å²) in [5, 5.41) is 9.59. The lowest BCUT2D eigenvalue weighted by atomic mass is 10.2. The molecule has 6 heteroatoms. The SMILES string of the molecule is C[C@@H](O)CN1CCN(c2nc(-c3ccccn3)nc3c2CCC3)CC1. The predicted molar refractivity (Wildman–Crippen MR) is 97.6 cm³/mol. The summed E-state index contributed by atoms with van der Waals surface area (Å²) in [7, 11) is 0. The van der Waals surface area contributed by atoms with Crippen LogP contribution in [0.5, 0.6) is 0 Å². The van der Waals surface area contributed by atoms with E-state index in [9.17, 15) is 5.11 Å². The fraction of sp³-hybridized carbons (Fsp3) is 0.526. The largest absolute Gasteiger partial charge is 0.392 e. The van der Waals surface area contributed by atoms with Crippen molar-refractivity contribution in [2.75, 3.05) is 37.6 Å². The van der Waals surface area contributed by atoms with Gasteiger partial charge >= 0.3 is 0 Å². The van der Waals surface area contributed by atoms with Crippen LogP contribution in [0.25, 0.3) is 11.5 Å². The van der Waals surface area contributed by atoms with E-state index in [0.717, 1.165) is 69.3 Å². The molecular weight excluding hydrogens is 314 g/mol. The Morgan fingerprint density at radius 2 is 1.96 bits per heavy atom. The summed E-state index contributed by atoms with van der Waals surface area (Å²) >= 11 is 0. The minimum atomic E-state index is -0.273. The van der Waals surface area contributed by atoms with Gasteiger partial charge in [0.2, 0.25) is 0 Å². The second-order valence-corrected chi connectivity index (χ2v) is 7.00. The number of rotatable bonds is 4. The zero-order valence-corrected chi connectivity index (χ0v) is 14.7. The van der Waals surface area contributed by atoms with Gasteiger partial charge in [-0.15, -0.1) is 0 Å². The molecule has 1 aliphatic heterocycles. The molecule has 4 rings (SSSR count). The molecule has 6 nitrogen and oxygen atoms in total. The van der Waals surface area contributed by atoms with E-state index in [2.05, 4.69) is 14.8 Å². The molecule has 0 amide bonds. The number of aliphatic hydroxyl groups is 1. The Labute approximate surface area is 148 Å². The van der Waals surface area contributed by atoms with Gasteiger partial charge in [-0.3, -0.25) is 9.88 Å². The van der Waals surface area contributed by atoms with Crippen molar-refractivity contribution >= 4 is 5.82 Å². The molecule has 0 spiro atoms. The first-order valence-corrected chi connectivity index (χ1v) is 9.17. The van der Waals surface area contributed by atoms with Crippen LogP contribution in [-0.2, 0) is 12.8 Å². The van der Waals surface area contributed by atoms with E-state index in [0.29, 0.717) is 0 Å². The molecule has 1 fully saturated rings. The average molecular weight is 339 g/mol. The predicted octanol–water partition coefficient (Wildman–Crippen LogP) is 1.53. The Morgan fingerprint density at radius 1 is 1.12 bits per heavy atom. The van der Waals surface area contributed by atoms with Crippen molar-refractivity contribution in [3.63, 3.8) is 0 Å². The first-order chi connectivity index (χ1) is 12.2. The first kappa shape index (κ1) is 16.4.